The maximum absolute atomic E-state index is 11.2. The third-order valence-corrected chi connectivity index (χ3v) is 3.69. The molecule has 1 aliphatic rings. The molecule has 1 aromatic rings. The lowest BCUT2D eigenvalue weighted by molar-refractivity contribution is -0.0565. The Morgan fingerprint density at radius 3 is 2.95 bits per heavy atom. The normalized spacial score (nSPS) is 19.7. The minimum absolute atomic E-state index is 0.0247. The highest BCUT2D eigenvalue weighted by molar-refractivity contribution is 5.90. The minimum Gasteiger partial charge on any atom is -0.490 e. The molecule has 1 unspecified atom stereocenters. The van der Waals surface area contributed by atoms with Crippen LogP contribution in [-0.2, 0) is 4.74 Å². The molecule has 1 heterocycles. The summed E-state index contributed by atoms with van der Waals surface area (Å²) < 4.78 is 11.4. The van der Waals surface area contributed by atoms with Crippen molar-refractivity contribution in [1.29, 1.82) is 0 Å². The summed E-state index contributed by atoms with van der Waals surface area (Å²) in [5.74, 6) is -0.564. The maximum Gasteiger partial charge on any atom is 0.339 e. The second-order valence-corrected chi connectivity index (χ2v) is 5.70. The molecule has 0 amide bonds. The van der Waals surface area contributed by atoms with Gasteiger partial charge in [-0.15, -0.1) is 0 Å². The predicted octanol–water partition coefficient (Wildman–Crippen LogP) is 2.18. The zero-order valence-electron chi connectivity index (χ0n) is 12.8. The molecule has 1 aliphatic heterocycles. The zero-order valence-corrected chi connectivity index (χ0v) is 12.8. The highest BCUT2D eigenvalue weighted by Gasteiger charge is 2.23. The van der Waals surface area contributed by atoms with E-state index in [0.717, 1.165) is 18.7 Å². The van der Waals surface area contributed by atoms with Gasteiger partial charge in [0.15, 0.2) is 0 Å². The van der Waals surface area contributed by atoms with Gasteiger partial charge in [0.1, 0.15) is 24.0 Å². The second kappa shape index (κ2) is 6.91. The first-order chi connectivity index (χ1) is 9.97. The third kappa shape index (κ3) is 4.19. The number of carboxylic acids is 1. The number of rotatable bonds is 5. The standard InChI is InChI=1S/C16H23NO4/c1-11(2)17-6-7-20-13(9-17)10-21-15-8-12(3)4-5-14(15)16(18)19/h4-5,8,11,13H,6-7,9-10H2,1-3H3,(H,18,19). The van der Waals surface area contributed by atoms with Crippen LogP contribution < -0.4 is 4.74 Å². The van der Waals surface area contributed by atoms with E-state index < -0.39 is 5.97 Å². The monoisotopic (exact) mass is 293 g/mol. The highest BCUT2D eigenvalue weighted by atomic mass is 16.5. The molecule has 0 bridgehead atoms. The summed E-state index contributed by atoms with van der Waals surface area (Å²) >= 11 is 0. The molecule has 0 aromatic heterocycles. The summed E-state index contributed by atoms with van der Waals surface area (Å²) in [5.41, 5.74) is 1.17. The van der Waals surface area contributed by atoms with Gasteiger partial charge in [-0.25, -0.2) is 4.79 Å². The van der Waals surface area contributed by atoms with Gasteiger partial charge >= 0.3 is 5.97 Å². The molecule has 1 atom stereocenters. The SMILES string of the molecule is Cc1ccc(C(=O)O)c(OCC2CN(C(C)C)CCO2)c1. The Morgan fingerprint density at radius 2 is 2.29 bits per heavy atom. The molecule has 1 N–H and O–H groups in total. The Labute approximate surface area is 125 Å². The molecule has 116 valence electrons. The van der Waals surface area contributed by atoms with Crippen LogP contribution in [0.1, 0.15) is 29.8 Å². The van der Waals surface area contributed by atoms with E-state index in [1.165, 1.54) is 0 Å². The topological polar surface area (TPSA) is 59.0 Å². The van der Waals surface area contributed by atoms with Crippen LogP contribution in [0.4, 0.5) is 0 Å². The van der Waals surface area contributed by atoms with Crippen LogP contribution in [0.5, 0.6) is 5.75 Å². The van der Waals surface area contributed by atoms with Gasteiger partial charge in [-0.2, -0.15) is 0 Å². The fraction of sp³-hybridized carbons (Fsp3) is 0.562. The molecular weight excluding hydrogens is 270 g/mol. The van der Waals surface area contributed by atoms with Gasteiger partial charge in [0.2, 0.25) is 0 Å². The van der Waals surface area contributed by atoms with Crippen molar-refractivity contribution in [2.75, 3.05) is 26.3 Å². The summed E-state index contributed by atoms with van der Waals surface area (Å²) in [6, 6.07) is 5.58. The fourth-order valence-corrected chi connectivity index (χ4v) is 2.42. The van der Waals surface area contributed by atoms with Crippen molar-refractivity contribution in [1.82, 2.24) is 4.90 Å². The van der Waals surface area contributed by atoms with E-state index in [2.05, 4.69) is 18.7 Å². The van der Waals surface area contributed by atoms with E-state index >= 15 is 0 Å². The van der Waals surface area contributed by atoms with Crippen LogP contribution >= 0.6 is 0 Å². The number of carbonyl (C=O) groups is 1. The van der Waals surface area contributed by atoms with Gasteiger partial charge < -0.3 is 14.6 Å². The highest BCUT2D eigenvalue weighted by Crippen LogP contribution is 2.21. The number of carboxylic acid groups (broad SMARTS) is 1. The molecule has 5 heteroatoms. The van der Waals surface area contributed by atoms with Gasteiger partial charge in [-0.1, -0.05) is 6.07 Å². The summed E-state index contributed by atoms with van der Waals surface area (Å²) in [7, 11) is 0. The van der Waals surface area contributed by atoms with Crippen LogP contribution in [0, 0.1) is 6.92 Å². The number of benzene rings is 1. The number of ether oxygens (including phenoxy) is 2. The molecule has 1 saturated heterocycles. The van der Waals surface area contributed by atoms with Crippen molar-refractivity contribution in [3.63, 3.8) is 0 Å². The lowest BCUT2D eigenvalue weighted by atomic mass is 10.1. The summed E-state index contributed by atoms with van der Waals surface area (Å²) in [6.45, 7) is 9.03. The molecule has 0 aliphatic carbocycles. The van der Waals surface area contributed by atoms with Crippen molar-refractivity contribution >= 4 is 5.97 Å². The predicted molar refractivity (Wildman–Crippen MR) is 80.1 cm³/mol. The summed E-state index contributed by atoms with van der Waals surface area (Å²) in [5, 5.41) is 9.19. The Kier molecular flexibility index (Phi) is 5.20. The molecule has 21 heavy (non-hydrogen) atoms. The van der Waals surface area contributed by atoms with Crippen molar-refractivity contribution in [2.45, 2.75) is 32.9 Å². The molecule has 5 nitrogen and oxygen atoms in total. The fourth-order valence-electron chi connectivity index (χ4n) is 2.42. The first-order valence-electron chi connectivity index (χ1n) is 7.29. The number of morpholine rings is 1. The van der Waals surface area contributed by atoms with E-state index in [0.29, 0.717) is 25.0 Å². The van der Waals surface area contributed by atoms with Crippen LogP contribution in [0.2, 0.25) is 0 Å². The van der Waals surface area contributed by atoms with Crippen LogP contribution in [0.15, 0.2) is 18.2 Å². The van der Waals surface area contributed by atoms with Gasteiger partial charge in [0, 0.05) is 19.1 Å². The third-order valence-electron chi connectivity index (χ3n) is 3.69. The van der Waals surface area contributed by atoms with Crippen LogP contribution in [0.3, 0.4) is 0 Å². The van der Waals surface area contributed by atoms with Gasteiger partial charge in [0.05, 0.1) is 6.61 Å². The number of nitrogens with zero attached hydrogens (tertiary/aromatic N) is 1. The second-order valence-electron chi connectivity index (χ2n) is 5.70. The van der Waals surface area contributed by atoms with Crippen molar-refractivity contribution in [3.8, 4) is 5.75 Å². The van der Waals surface area contributed by atoms with Crippen molar-refractivity contribution < 1.29 is 19.4 Å². The van der Waals surface area contributed by atoms with E-state index in [9.17, 15) is 9.90 Å². The molecule has 2 rings (SSSR count). The molecule has 0 spiro atoms. The smallest absolute Gasteiger partial charge is 0.339 e. The minimum atomic E-state index is -0.974. The maximum atomic E-state index is 11.2. The largest absolute Gasteiger partial charge is 0.490 e. The molecule has 0 radical (unpaired) electrons. The molecular formula is C16H23NO4. The Hall–Kier alpha value is -1.59. The number of aromatic carboxylic acids is 1. The summed E-state index contributed by atoms with van der Waals surface area (Å²) in [6.07, 6.45) is -0.0247. The van der Waals surface area contributed by atoms with Gasteiger partial charge in [-0.05, 0) is 38.5 Å². The van der Waals surface area contributed by atoms with Gasteiger partial charge in [-0.3, -0.25) is 4.90 Å². The quantitative estimate of drug-likeness (QED) is 0.901. The first-order valence-corrected chi connectivity index (χ1v) is 7.29. The summed E-state index contributed by atoms with van der Waals surface area (Å²) in [4.78, 5) is 13.5. The number of hydrogen-bond donors (Lipinski definition) is 1. The average molecular weight is 293 g/mol. The number of aryl methyl sites for hydroxylation is 1. The zero-order chi connectivity index (χ0) is 15.4. The van der Waals surface area contributed by atoms with Crippen LogP contribution in [-0.4, -0.2) is 54.4 Å². The molecule has 0 saturated carbocycles. The Morgan fingerprint density at radius 1 is 1.52 bits per heavy atom. The lowest BCUT2D eigenvalue weighted by Gasteiger charge is -2.35. The van der Waals surface area contributed by atoms with E-state index in [4.69, 9.17) is 9.47 Å². The van der Waals surface area contributed by atoms with Crippen molar-refractivity contribution in [2.24, 2.45) is 0 Å². The first kappa shape index (κ1) is 15.8. The Balaban J connectivity index is 1.99. The lowest BCUT2D eigenvalue weighted by Crippen LogP contribution is -2.47. The Bertz CT molecular complexity index is 501. The number of hydrogen-bond acceptors (Lipinski definition) is 4. The van der Waals surface area contributed by atoms with E-state index in [1.807, 2.05) is 6.92 Å². The van der Waals surface area contributed by atoms with Crippen LogP contribution in [0.25, 0.3) is 0 Å². The average Bonchev–Trinajstić information content (AvgIpc) is 2.45. The van der Waals surface area contributed by atoms with Crippen molar-refractivity contribution in [3.05, 3.63) is 29.3 Å². The molecule has 1 aromatic carbocycles. The van der Waals surface area contributed by atoms with E-state index in [-0.39, 0.29) is 11.7 Å². The van der Waals surface area contributed by atoms with E-state index in [1.54, 1.807) is 18.2 Å². The van der Waals surface area contributed by atoms with Gasteiger partial charge in [0.25, 0.3) is 0 Å². The molecule has 1 fully saturated rings.